The van der Waals surface area contributed by atoms with E-state index in [9.17, 15) is 9.59 Å². The predicted octanol–water partition coefficient (Wildman–Crippen LogP) is 1.62. The summed E-state index contributed by atoms with van der Waals surface area (Å²) in [4.78, 5) is 30.8. The van der Waals surface area contributed by atoms with Crippen molar-refractivity contribution >= 4 is 11.8 Å². The van der Waals surface area contributed by atoms with E-state index in [-0.39, 0.29) is 18.4 Å². The van der Waals surface area contributed by atoms with E-state index in [0.29, 0.717) is 32.0 Å². The minimum Gasteiger partial charge on any atom is -0.494 e. The lowest BCUT2D eigenvalue weighted by Crippen LogP contribution is -2.41. The number of hydrogen-bond acceptors (Lipinski definition) is 5. The number of hydrogen-bond donors (Lipinski definition) is 0. The molecule has 7 heteroatoms. The maximum atomic E-state index is 12.5. The molecule has 2 amide bonds. The molecule has 0 spiro atoms. The monoisotopic (exact) mass is 389 g/mol. The van der Waals surface area contributed by atoms with E-state index in [0.717, 1.165) is 51.2 Å². The van der Waals surface area contributed by atoms with Crippen LogP contribution in [-0.2, 0) is 9.59 Å². The van der Waals surface area contributed by atoms with Crippen molar-refractivity contribution in [3.63, 3.8) is 0 Å². The van der Waals surface area contributed by atoms with Gasteiger partial charge in [-0.1, -0.05) is 0 Å². The first kappa shape index (κ1) is 20.5. The van der Waals surface area contributed by atoms with Crippen LogP contribution in [0.3, 0.4) is 0 Å². The molecule has 0 radical (unpaired) electrons. The Morgan fingerprint density at radius 2 is 1.39 bits per heavy atom. The van der Waals surface area contributed by atoms with Crippen LogP contribution in [0, 0.1) is 0 Å². The van der Waals surface area contributed by atoms with Gasteiger partial charge in [-0.3, -0.25) is 14.5 Å². The zero-order valence-corrected chi connectivity index (χ0v) is 16.8. The zero-order chi connectivity index (χ0) is 19.8. The number of benzene rings is 1. The molecule has 0 unspecified atom stereocenters. The highest BCUT2D eigenvalue weighted by atomic mass is 16.5. The predicted molar refractivity (Wildman–Crippen MR) is 107 cm³/mol. The Morgan fingerprint density at radius 1 is 0.786 bits per heavy atom. The average molecular weight is 389 g/mol. The van der Waals surface area contributed by atoms with E-state index >= 15 is 0 Å². The van der Waals surface area contributed by atoms with Gasteiger partial charge in [-0.25, -0.2) is 0 Å². The van der Waals surface area contributed by atoms with Crippen LogP contribution in [0.25, 0.3) is 0 Å². The molecule has 3 rings (SSSR count). The summed E-state index contributed by atoms with van der Waals surface area (Å²) in [7, 11) is 0. The van der Waals surface area contributed by atoms with Gasteiger partial charge < -0.3 is 19.3 Å². The summed E-state index contributed by atoms with van der Waals surface area (Å²) in [5.41, 5.74) is 0. The van der Waals surface area contributed by atoms with Crippen molar-refractivity contribution in [1.82, 2.24) is 14.7 Å². The van der Waals surface area contributed by atoms with Gasteiger partial charge in [0.1, 0.15) is 11.5 Å². The molecule has 2 aliphatic rings. The lowest BCUT2D eigenvalue weighted by atomic mass is 10.3. The molecule has 0 aromatic heterocycles. The fraction of sp³-hybridized carbons (Fsp3) is 0.619. The third kappa shape index (κ3) is 5.86. The van der Waals surface area contributed by atoms with Crippen molar-refractivity contribution in [2.75, 3.05) is 59.0 Å². The average Bonchev–Trinajstić information content (AvgIpc) is 3.15. The Bertz CT molecular complexity index is 644. The molecule has 0 bridgehead atoms. The van der Waals surface area contributed by atoms with Crippen molar-refractivity contribution < 1.29 is 19.1 Å². The van der Waals surface area contributed by atoms with Crippen LogP contribution in [0.5, 0.6) is 11.5 Å². The van der Waals surface area contributed by atoms with Gasteiger partial charge in [0.25, 0.3) is 5.91 Å². The molecular weight excluding hydrogens is 358 g/mol. The van der Waals surface area contributed by atoms with Crippen molar-refractivity contribution in [3.05, 3.63) is 24.3 Å². The molecule has 1 aromatic carbocycles. The minimum absolute atomic E-state index is 0.0124. The highest BCUT2D eigenvalue weighted by Crippen LogP contribution is 2.17. The Hall–Kier alpha value is -2.28. The van der Waals surface area contributed by atoms with Gasteiger partial charge >= 0.3 is 0 Å². The molecule has 28 heavy (non-hydrogen) atoms. The summed E-state index contributed by atoms with van der Waals surface area (Å²) < 4.78 is 11.0. The summed E-state index contributed by atoms with van der Waals surface area (Å²) in [5, 5.41) is 0. The van der Waals surface area contributed by atoms with E-state index in [1.807, 2.05) is 41.0 Å². The lowest BCUT2D eigenvalue weighted by Gasteiger charge is -2.24. The summed E-state index contributed by atoms with van der Waals surface area (Å²) in [6.45, 7) is 7.75. The number of carbonyl (C=O) groups excluding carboxylic acids is 2. The van der Waals surface area contributed by atoms with Crippen LogP contribution in [0.1, 0.15) is 26.2 Å². The van der Waals surface area contributed by atoms with Crippen LogP contribution in [0.4, 0.5) is 0 Å². The number of carbonyl (C=O) groups is 2. The molecule has 7 nitrogen and oxygen atoms in total. The Balaban J connectivity index is 1.41. The number of rotatable bonds is 7. The van der Waals surface area contributed by atoms with Gasteiger partial charge in [-0.15, -0.1) is 0 Å². The summed E-state index contributed by atoms with van der Waals surface area (Å²) in [6.07, 6.45) is 3.10. The molecule has 0 N–H and O–H groups in total. The van der Waals surface area contributed by atoms with Crippen LogP contribution in [0.2, 0.25) is 0 Å². The zero-order valence-electron chi connectivity index (χ0n) is 16.8. The van der Waals surface area contributed by atoms with Gasteiger partial charge in [0, 0.05) is 39.3 Å². The largest absolute Gasteiger partial charge is 0.494 e. The highest BCUT2D eigenvalue weighted by Gasteiger charge is 2.24. The van der Waals surface area contributed by atoms with Crippen LogP contribution in [0.15, 0.2) is 24.3 Å². The molecule has 1 aromatic rings. The molecule has 2 saturated heterocycles. The van der Waals surface area contributed by atoms with Gasteiger partial charge in [-0.05, 0) is 50.5 Å². The number of ether oxygens (including phenoxy) is 2. The van der Waals surface area contributed by atoms with Crippen molar-refractivity contribution in [1.29, 1.82) is 0 Å². The maximum absolute atomic E-state index is 12.5. The van der Waals surface area contributed by atoms with E-state index in [2.05, 4.69) is 4.90 Å². The molecule has 154 valence electrons. The van der Waals surface area contributed by atoms with E-state index in [4.69, 9.17) is 9.47 Å². The number of likely N-dealkylation sites (tertiary alicyclic amines) is 1. The second-order valence-electron chi connectivity index (χ2n) is 7.29. The maximum Gasteiger partial charge on any atom is 0.260 e. The first-order valence-electron chi connectivity index (χ1n) is 10.3. The smallest absolute Gasteiger partial charge is 0.260 e. The fourth-order valence-corrected chi connectivity index (χ4v) is 3.67. The van der Waals surface area contributed by atoms with Crippen molar-refractivity contribution in [2.24, 2.45) is 0 Å². The van der Waals surface area contributed by atoms with Crippen LogP contribution in [-0.4, -0.2) is 85.5 Å². The molecule has 0 atom stereocenters. The summed E-state index contributed by atoms with van der Waals surface area (Å²) >= 11 is 0. The third-order valence-corrected chi connectivity index (χ3v) is 5.26. The third-order valence-electron chi connectivity index (χ3n) is 5.26. The van der Waals surface area contributed by atoms with Gasteiger partial charge in [0.15, 0.2) is 6.61 Å². The molecular formula is C21H31N3O4. The molecule has 0 aliphatic carbocycles. The Labute approximate surface area is 167 Å². The Morgan fingerprint density at radius 3 is 2.07 bits per heavy atom. The first-order valence-corrected chi connectivity index (χ1v) is 10.3. The van der Waals surface area contributed by atoms with E-state index < -0.39 is 0 Å². The molecule has 2 aliphatic heterocycles. The summed E-state index contributed by atoms with van der Waals surface area (Å²) in [6, 6.07) is 7.30. The lowest BCUT2D eigenvalue weighted by molar-refractivity contribution is -0.133. The number of amides is 2. The van der Waals surface area contributed by atoms with Gasteiger partial charge in [0.2, 0.25) is 5.91 Å². The second kappa shape index (κ2) is 10.3. The Kier molecular flexibility index (Phi) is 7.54. The fourth-order valence-electron chi connectivity index (χ4n) is 3.67. The molecule has 2 fully saturated rings. The molecule has 2 heterocycles. The standard InChI is InChI=1S/C21H31N3O4/c1-2-27-18-6-8-19(9-7-18)28-17-21(26)24-13-5-10-22(14-15-24)16-20(25)23-11-3-4-12-23/h6-9H,2-5,10-17H2,1H3. The van der Waals surface area contributed by atoms with Gasteiger partial charge in [-0.2, -0.15) is 0 Å². The normalized spacial score (nSPS) is 18.0. The number of nitrogens with zero attached hydrogens (tertiary/aromatic N) is 3. The highest BCUT2D eigenvalue weighted by molar-refractivity contribution is 5.79. The van der Waals surface area contributed by atoms with E-state index in [1.54, 1.807) is 0 Å². The summed E-state index contributed by atoms with van der Waals surface area (Å²) in [5.74, 6) is 1.65. The quantitative estimate of drug-likeness (QED) is 0.709. The van der Waals surface area contributed by atoms with Gasteiger partial charge in [0.05, 0.1) is 13.2 Å². The SMILES string of the molecule is CCOc1ccc(OCC(=O)N2CCCN(CC(=O)N3CCCC3)CC2)cc1. The first-order chi connectivity index (χ1) is 13.7. The second-order valence-corrected chi connectivity index (χ2v) is 7.29. The van der Waals surface area contributed by atoms with Crippen molar-refractivity contribution in [3.8, 4) is 11.5 Å². The van der Waals surface area contributed by atoms with Crippen molar-refractivity contribution in [2.45, 2.75) is 26.2 Å². The van der Waals surface area contributed by atoms with Crippen LogP contribution < -0.4 is 9.47 Å². The minimum atomic E-state index is -0.0124. The molecule has 0 saturated carbocycles. The van der Waals surface area contributed by atoms with Crippen LogP contribution >= 0.6 is 0 Å². The topological polar surface area (TPSA) is 62.3 Å². The van der Waals surface area contributed by atoms with E-state index in [1.165, 1.54) is 0 Å².